The van der Waals surface area contributed by atoms with Gasteiger partial charge in [-0.2, -0.15) is 10.2 Å². The SMILES string of the molecule is CCCCCn1nc(C(=O)NNC(=O)c2cc(-c3cccs3)[nH]n2)c2ccccc2c1=O. The Morgan fingerprint density at radius 3 is 2.59 bits per heavy atom. The van der Waals surface area contributed by atoms with Crippen molar-refractivity contribution in [2.75, 3.05) is 0 Å². The summed E-state index contributed by atoms with van der Waals surface area (Å²) in [5, 5.41) is 13.8. The van der Waals surface area contributed by atoms with E-state index in [1.54, 1.807) is 30.3 Å². The van der Waals surface area contributed by atoms with Crippen molar-refractivity contribution in [3.8, 4) is 10.6 Å². The van der Waals surface area contributed by atoms with Crippen LogP contribution in [0.5, 0.6) is 0 Å². The maximum Gasteiger partial charge on any atom is 0.290 e. The van der Waals surface area contributed by atoms with Crippen molar-refractivity contribution in [3.63, 3.8) is 0 Å². The first kappa shape index (κ1) is 21.4. The Kier molecular flexibility index (Phi) is 6.41. The number of carbonyl (C=O) groups is 2. The third-order valence-electron chi connectivity index (χ3n) is 4.94. The van der Waals surface area contributed by atoms with Crippen LogP contribution in [-0.4, -0.2) is 31.8 Å². The number of rotatable bonds is 7. The average Bonchev–Trinajstić information content (AvgIpc) is 3.51. The lowest BCUT2D eigenvalue weighted by Crippen LogP contribution is -2.43. The van der Waals surface area contributed by atoms with Gasteiger partial charge in [-0.3, -0.25) is 30.3 Å². The van der Waals surface area contributed by atoms with Crippen LogP contribution in [0.15, 0.2) is 52.6 Å². The summed E-state index contributed by atoms with van der Waals surface area (Å²) in [5.41, 5.74) is 5.42. The summed E-state index contributed by atoms with van der Waals surface area (Å²) in [6.07, 6.45) is 2.74. The molecule has 0 saturated carbocycles. The van der Waals surface area contributed by atoms with E-state index in [-0.39, 0.29) is 16.9 Å². The number of aromatic nitrogens is 4. The second-order valence-corrected chi connectivity index (χ2v) is 8.13. The molecule has 9 nitrogen and oxygen atoms in total. The molecule has 0 aliphatic rings. The van der Waals surface area contributed by atoms with Crippen LogP contribution in [-0.2, 0) is 6.54 Å². The molecular weight excluding hydrogens is 428 g/mol. The van der Waals surface area contributed by atoms with Crippen LogP contribution in [0.4, 0.5) is 0 Å². The molecule has 0 saturated heterocycles. The van der Waals surface area contributed by atoms with Gasteiger partial charge in [-0.25, -0.2) is 4.68 Å². The van der Waals surface area contributed by atoms with Crippen molar-refractivity contribution < 1.29 is 9.59 Å². The lowest BCUT2D eigenvalue weighted by Gasteiger charge is -2.11. The Labute approximate surface area is 187 Å². The van der Waals surface area contributed by atoms with Crippen LogP contribution in [0.3, 0.4) is 0 Å². The highest BCUT2D eigenvalue weighted by Crippen LogP contribution is 2.22. The van der Waals surface area contributed by atoms with Crippen LogP contribution < -0.4 is 16.4 Å². The fourth-order valence-corrected chi connectivity index (χ4v) is 3.99. The summed E-state index contributed by atoms with van der Waals surface area (Å²) in [6.45, 7) is 2.49. The van der Waals surface area contributed by atoms with Crippen LogP contribution in [0.25, 0.3) is 21.3 Å². The molecule has 0 atom stereocenters. The van der Waals surface area contributed by atoms with Gasteiger partial charge in [0.2, 0.25) is 0 Å². The minimum Gasteiger partial charge on any atom is -0.276 e. The summed E-state index contributed by atoms with van der Waals surface area (Å²) >= 11 is 1.52. The maximum absolute atomic E-state index is 12.8. The van der Waals surface area contributed by atoms with E-state index in [1.807, 2.05) is 17.5 Å². The van der Waals surface area contributed by atoms with Gasteiger partial charge in [0.05, 0.1) is 16.0 Å². The summed E-state index contributed by atoms with van der Waals surface area (Å²) in [5.74, 6) is -1.19. The number of unbranched alkanes of at least 4 members (excludes halogenated alkanes) is 2. The van der Waals surface area contributed by atoms with E-state index >= 15 is 0 Å². The molecule has 32 heavy (non-hydrogen) atoms. The Morgan fingerprint density at radius 1 is 1.06 bits per heavy atom. The van der Waals surface area contributed by atoms with E-state index in [4.69, 9.17) is 0 Å². The molecule has 2 amide bonds. The maximum atomic E-state index is 12.8. The minimum absolute atomic E-state index is 0.0679. The van der Waals surface area contributed by atoms with Gasteiger partial charge in [0, 0.05) is 11.9 Å². The van der Waals surface area contributed by atoms with Gasteiger partial charge in [0.25, 0.3) is 17.4 Å². The van der Waals surface area contributed by atoms with Crippen molar-refractivity contribution in [2.45, 2.75) is 32.7 Å². The second-order valence-electron chi connectivity index (χ2n) is 7.18. The minimum atomic E-state index is -0.618. The first-order valence-corrected chi connectivity index (χ1v) is 11.2. The number of thiophene rings is 1. The van der Waals surface area contributed by atoms with Gasteiger partial charge < -0.3 is 0 Å². The standard InChI is InChI=1S/C22H22N6O3S/c1-2-3-6-11-28-22(31)15-9-5-4-8-14(15)19(27-28)21(30)26-25-20(29)17-13-16(23-24-17)18-10-7-12-32-18/h4-5,7-10,12-13H,2-3,6,11H2,1H3,(H,23,24)(H,25,29)(H,26,30). The number of amides is 2. The fraction of sp³-hybridized carbons (Fsp3) is 0.227. The largest absolute Gasteiger partial charge is 0.290 e. The zero-order valence-electron chi connectivity index (χ0n) is 17.4. The number of hydrogen-bond donors (Lipinski definition) is 3. The predicted molar refractivity (Wildman–Crippen MR) is 122 cm³/mol. The lowest BCUT2D eigenvalue weighted by molar-refractivity contribution is 0.0841. The quantitative estimate of drug-likeness (QED) is 0.295. The molecule has 0 radical (unpaired) electrons. The lowest BCUT2D eigenvalue weighted by atomic mass is 10.1. The van der Waals surface area contributed by atoms with Gasteiger partial charge in [-0.05, 0) is 30.0 Å². The number of carbonyl (C=O) groups excluding carboxylic acids is 2. The summed E-state index contributed by atoms with van der Waals surface area (Å²) < 4.78 is 1.32. The molecule has 3 N–H and O–H groups in total. The fourth-order valence-electron chi connectivity index (χ4n) is 3.30. The summed E-state index contributed by atoms with van der Waals surface area (Å²) in [4.78, 5) is 39.0. The van der Waals surface area contributed by atoms with Gasteiger partial charge in [-0.15, -0.1) is 11.3 Å². The Morgan fingerprint density at radius 2 is 1.84 bits per heavy atom. The van der Waals surface area contributed by atoms with Crippen molar-refractivity contribution in [1.82, 2.24) is 30.8 Å². The smallest absolute Gasteiger partial charge is 0.276 e. The number of aryl methyl sites for hydroxylation is 1. The van der Waals surface area contributed by atoms with Gasteiger partial charge in [0.15, 0.2) is 11.4 Å². The van der Waals surface area contributed by atoms with Gasteiger partial charge >= 0.3 is 0 Å². The molecule has 0 aliphatic carbocycles. The number of nitrogens with one attached hydrogen (secondary N) is 3. The number of fused-ring (bicyclic) bond motifs is 1. The van der Waals surface area contributed by atoms with Crippen LogP contribution in [0.2, 0.25) is 0 Å². The van der Waals surface area contributed by atoms with Gasteiger partial charge in [0.1, 0.15) is 0 Å². The normalized spacial score (nSPS) is 10.9. The molecular formula is C22H22N6O3S. The van der Waals surface area contributed by atoms with E-state index in [2.05, 4.69) is 33.1 Å². The van der Waals surface area contributed by atoms with Crippen molar-refractivity contribution >= 4 is 33.9 Å². The molecule has 0 aliphatic heterocycles. The molecule has 4 rings (SSSR count). The number of aromatic amines is 1. The van der Waals surface area contributed by atoms with E-state index < -0.39 is 11.8 Å². The summed E-state index contributed by atoms with van der Waals surface area (Å²) in [6, 6.07) is 12.2. The van der Waals surface area contributed by atoms with Crippen molar-refractivity contribution in [3.05, 3.63) is 69.6 Å². The van der Waals surface area contributed by atoms with Crippen molar-refractivity contribution in [2.24, 2.45) is 0 Å². The number of nitrogens with zero attached hydrogens (tertiary/aromatic N) is 3. The number of hydrogen-bond acceptors (Lipinski definition) is 6. The average molecular weight is 451 g/mol. The monoisotopic (exact) mass is 450 g/mol. The highest BCUT2D eigenvalue weighted by atomic mass is 32.1. The summed E-state index contributed by atoms with van der Waals surface area (Å²) in [7, 11) is 0. The molecule has 3 aromatic heterocycles. The number of hydrazine groups is 1. The number of H-pyrrole nitrogens is 1. The van der Waals surface area contributed by atoms with E-state index in [1.165, 1.54) is 16.0 Å². The molecule has 0 fully saturated rings. The van der Waals surface area contributed by atoms with Gasteiger partial charge in [-0.1, -0.05) is 44.0 Å². The molecule has 164 valence electrons. The Hall–Kier alpha value is -3.79. The second kappa shape index (κ2) is 9.56. The van der Waals surface area contributed by atoms with E-state index in [9.17, 15) is 14.4 Å². The first-order valence-electron chi connectivity index (χ1n) is 10.3. The zero-order chi connectivity index (χ0) is 22.5. The van der Waals surface area contributed by atoms with Crippen LogP contribution in [0.1, 0.15) is 47.2 Å². The molecule has 1 aromatic carbocycles. The molecule has 0 unspecified atom stereocenters. The third-order valence-corrected chi connectivity index (χ3v) is 5.85. The molecule has 0 spiro atoms. The molecule has 3 heterocycles. The van der Waals surface area contributed by atoms with E-state index in [0.29, 0.717) is 23.0 Å². The first-order chi connectivity index (χ1) is 15.6. The topological polar surface area (TPSA) is 122 Å². The Bertz CT molecular complexity index is 1310. The molecule has 0 bridgehead atoms. The van der Waals surface area contributed by atoms with E-state index in [0.717, 1.165) is 24.1 Å². The van der Waals surface area contributed by atoms with Crippen LogP contribution >= 0.6 is 11.3 Å². The van der Waals surface area contributed by atoms with Crippen LogP contribution in [0, 0.1) is 0 Å². The number of benzene rings is 1. The molecule has 10 heteroatoms. The molecule has 4 aromatic rings. The predicted octanol–water partition coefficient (Wildman–Crippen LogP) is 3.11. The third kappa shape index (κ3) is 4.45. The Balaban J connectivity index is 1.52. The van der Waals surface area contributed by atoms with Crippen molar-refractivity contribution in [1.29, 1.82) is 0 Å². The zero-order valence-corrected chi connectivity index (χ0v) is 18.2. The highest BCUT2D eigenvalue weighted by molar-refractivity contribution is 7.13. The highest BCUT2D eigenvalue weighted by Gasteiger charge is 2.18.